The molecule has 3 atom stereocenters. The van der Waals surface area contributed by atoms with E-state index < -0.39 is 0 Å². The molecule has 2 aliphatic heterocycles. The Hall–Kier alpha value is -1.64. The summed E-state index contributed by atoms with van der Waals surface area (Å²) >= 11 is 0. The molecular formula is C21H25NO. The first kappa shape index (κ1) is 14.9. The number of ether oxygens (including phenoxy) is 1. The van der Waals surface area contributed by atoms with E-state index in [1.165, 1.54) is 22.3 Å². The predicted octanol–water partition coefficient (Wildman–Crippen LogP) is 4.58. The number of piperidine rings is 1. The van der Waals surface area contributed by atoms with E-state index in [4.69, 9.17) is 4.74 Å². The number of rotatable bonds is 2. The van der Waals surface area contributed by atoms with Crippen molar-refractivity contribution in [1.29, 1.82) is 0 Å². The molecule has 2 saturated heterocycles. The molecule has 0 N–H and O–H groups in total. The minimum absolute atomic E-state index is 0.109. The molecule has 2 nitrogen and oxygen atoms in total. The third-order valence-electron chi connectivity index (χ3n) is 5.59. The van der Waals surface area contributed by atoms with Gasteiger partial charge < -0.3 is 4.74 Å². The lowest BCUT2D eigenvalue weighted by atomic mass is 9.81. The lowest BCUT2D eigenvalue weighted by Crippen LogP contribution is -2.40. The molecule has 4 rings (SSSR count). The summed E-state index contributed by atoms with van der Waals surface area (Å²) in [5, 5.41) is 0. The quantitative estimate of drug-likeness (QED) is 0.755. The normalized spacial score (nSPS) is 30.6. The number of aryl methyl sites for hydroxylation is 2. The van der Waals surface area contributed by atoms with Gasteiger partial charge in [0.2, 0.25) is 0 Å². The van der Waals surface area contributed by atoms with Crippen LogP contribution < -0.4 is 0 Å². The van der Waals surface area contributed by atoms with Crippen molar-refractivity contribution >= 4 is 0 Å². The summed E-state index contributed by atoms with van der Waals surface area (Å²) in [5.74, 6) is 0. The molecular weight excluding hydrogens is 282 g/mol. The zero-order valence-corrected chi connectivity index (χ0v) is 14.3. The Bertz CT molecular complexity index is 627. The molecule has 120 valence electrons. The molecule has 0 amide bonds. The smallest absolute Gasteiger partial charge is 0.0952 e. The van der Waals surface area contributed by atoms with Crippen molar-refractivity contribution in [3.63, 3.8) is 0 Å². The lowest BCUT2D eigenvalue weighted by Gasteiger charge is -2.43. The molecule has 0 aromatic heterocycles. The second kappa shape index (κ2) is 5.47. The van der Waals surface area contributed by atoms with E-state index >= 15 is 0 Å². The molecule has 0 bridgehead atoms. The average molecular weight is 307 g/mol. The molecule has 0 aliphatic carbocycles. The molecule has 2 fully saturated rings. The molecule has 2 heteroatoms. The fraction of sp³-hybridized carbons (Fsp3) is 0.429. The highest BCUT2D eigenvalue weighted by Crippen LogP contribution is 2.52. The molecule has 1 spiro atoms. The third-order valence-corrected chi connectivity index (χ3v) is 5.59. The molecule has 2 aliphatic rings. The number of hydrogen-bond acceptors (Lipinski definition) is 2. The largest absolute Gasteiger partial charge is 0.369 e. The second-order valence-corrected chi connectivity index (χ2v) is 7.40. The van der Waals surface area contributed by atoms with E-state index in [2.05, 4.69) is 74.3 Å². The molecule has 2 aromatic carbocycles. The maximum atomic E-state index is 5.91. The number of benzene rings is 2. The third kappa shape index (κ3) is 2.82. The van der Waals surface area contributed by atoms with Gasteiger partial charge in [0.15, 0.2) is 0 Å². The average Bonchev–Trinajstić information content (AvgIpc) is 3.31. The van der Waals surface area contributed by atoms with Gasteiger partial charge in [-0.15, -0.1) is 0 Å². The Balaban J connectivity index is 1.67. The Morgan fingerprint density at radius 1 is 0.826 bits per heavy atom. The van der Waals surface area contributed by atoms with Crippen LogP contribution in [0, 0.1) is 13.8 Å². The highest BCUT2D eigenvalue weighted by molar-refractivity contribution is 5.30. The Morgan fingerprint density at radius 2 is 1.22 bits per heavy atom. The van der Waals surface area contributed by atoms with E-state index in [0.29, 0.717) is 12.1 Å². The van der Waals surface area contributed by atoms with Gasteiger partial charge in [-0.2, -0.15) is 0 Å². The topological polar surface area (TPSA) is 15.8 Å². The number of likely N-dealkylation sites (tertiary alicyclic amines) is 1. The highest BCUT2D eigenvalue weighted by Gasteiger charge is 2.53. The maximum Gasteiger partial charge on any atom is 0.0952 e. The van der Waals surface area contributed by atoms with Gasteiger partial charge in [-0.1, -0.05) is 59.7 Å². The maximum absolute atomic E-state index is 5.91. The van der Waals surface area contributed by atoms with Gasteiger partial charge in [0.1, 0.15) is 0 Å². The summed E-state index contributed by atoms with van der Waals surface area (Å²) in [4.78, 5) is 2.54. The van der Waals surface area contributed by atoms with Crippen molar-refractivity contribution in [2.75, 3.05) is 13.7 Å². The number of hydrogen-bond donors (Lipinski definition) is 0. The van der Waals surface area contributed by atoms with E-state index in [-0.39, 0.29) is 5.60 Å². The zero-order valence-electron chi connectivity index (χ0n) is 14.3. The van der Waals surface area contributed by atoms with Crippen LogP contribution in [0.5, 0.6) is 0 Å². The highest BCUT2D eigenvalue weighted by atomic mass is 16.6. The van der Waals surface area contributed by atoms with Crippen molar-refractivity contribution in [2.45, 2.75) is 44.4 Å². The number of epoxide rings is 1. The van der Waals surface area contributed by atoms with Gasteiger partial charge >= 0.3 is 0 Å². The Labute approximate surface area is 139 Å². The molecule has 2 aromatic rings. The van der Waals surface area contributed by atoms with Crippen LogP contribution >= 0.6 is 0 Å². The number of nitrogens with zero attached hydrogens (tertiary/aromatic N) is 1. The fourth-order valence-corrected chi connectivity index (χ4v) is 3.91. The van der Waals surface area contributed by atoms with Crippen LogP contribution in [0.1, 0.15) is 47.2 Å². The van der Waals surface area contributed by atoms with E-state index in [1.807, 2.05) is 0 Å². The lowest BCUT2D eigenvalue weighted by molar-refractivity contribution is 0.0553. The first-order chi connectivity index (χ1) is 11.1. The van der Waals surface area contributed by atoms with Gasteiger partial charge in [-0.25, -0.2) is 0 Å². The zero-order chi connectivity index (χ0) is 16.0. The van der Waals surface area contributed by atoms with E-state index in [1.54, 1.807) is 0 Å². The van der Waals surface area contributed by atoms with Gasteiger partial charge in [-0.3, -0.25) is 4.90 Å². The Kier molecular flexibility index (Phi) is 3.55. The first-order valence-electron chi connectivity index (χ1n) is 8.55. The molecule has 2 heterocycles. The summed E-state index contributed by atoms with van der Waals surface area (Å²) in [7, 11) is 2.27. The van der Waals surface area contributed by atoms with Crippen molar-refractivity contribution in [2.24, 2.45) is 0 Å². The molecule has 0 saturated carbocycles. The van der Waals surface area contributed by atoms with Crippen LogP contribution in [0.15, 0.2) is 48.5 Å². The molecule has 23 heavy (non-hydrogen) atoms. The van der Waals surface area contributed by atoms with Gasteiger partial charge in [-0.05, 0) is 44.9 Å². The van der Waals surface area contributed by atoms with Crippen LogP contribution in [-0.2, 0) is 4.74 Å². The van der Waals surface area contributed by atoms with Gasteiger partial charge in [0.05, 0.1) is 12.2 Å². The van der Waals surface area contributed by atoms with Crippen LogP contribution in [0.3, 0.4) is 0 Å². The van der Waals surface area contributed by atoms with Crippen LogP contribution in [0.4, 0.5) is 0 Å². The van der Waals surface area contributed by atoms with Crippen LogP contribution in [0.2, 0.25) is 0 Å². The van der Waals surface area contributed by atoms with Crippen molar-refractivity contribution < 1.29 is 4.74 Å². The van der Waals surface area contributed by atoms with Gasteiger partial charge in [0.25, 0.3) is 0 Å². The standard InChI is InChI=1S/C21H25NO/c1-15-4-8-17(9-5-15)19-12-21(14-23-21)13-20(22(19)3)18-10-6-16(2)7-11-18/h4-11,19-20H,12-14H2,1-3H3/t19-,20+,21?. The SMILES string of the molecule is Cc1ccc([C@H]2CC3(CO3)C[C@@H](c3ccc(C)cc3)N2C)cc1. The van der Waals surface area contributed by atoms with Crippen LogP contribution in [-0.4, -0.2) is 24.2 Å². The fourth-order valence-electron chi connectivity index (χ4n) is 3.91. The van der Waals surface area contributed by atoms with E-state index in [9.17, 15) is 0 Å². The van der Waals surface area contributed by atoms with Crippen LogP contribution in [0.25, 0.3) is 0 Å². The minimum Gasteiger partial charge on any atom is -0.369 e. The van der Waals surface area contributed by atoms with Gasteiger partial charge in [0, 0.05) is 12.1 Å². The van der Waals surface area contributed by atoms with Crippen molar-refractivity contribution in [1.82, 2.24) is 4.90 Å². The second-order valence-electron chi connectivity index (χ2n) is 7.40. The monoisotopic (exact) mass is 307 g/mol. The van der Waals surface area contributed by atoms with E-state index in [0.717, 1.165) is 19.4 Å². The summed E-state index contributed by atoms with van der Waals surface area (Å²) in [6.45, 7) is 5.22. The van der Waals surface area contributed by atoms with Crippen molar-refractivity contribution in [3.8, 4) is 0 Å². The predicted molar refractivity (Wildman–Crippen MR) is 93.5 cm³/mol. The Morgan fingerprint density at radius 3 is 1.57 bits per heavy atom. The molecule has 0 radical (unpaired) electrons. The first-order valence-corrected chi connectivity index (χ1v) is 8.55. The molecule has 1 unspecified atom stereocenters. The minimum atomic E-state index is 0.109. The summed E-state index contributed by atoms with van der Waals surface area (Å²) in [5.41, 5.74) is 5.56. The summed E-state index contributed by atoms with van der Waals surface area (Å²) in [6.07, 6.45) is 2.21. The summed E-state index contributed by atoms with van der Waals surface area (Å²) < 4.78 is 5.91. The van der Waals surface area contributed by atoms with Crippen molar-refractivity contribution in [3.05, 3.63) is 70.8 Å². The summed E-state index contributed by atoms with van der Waals surface area (Å²) in [6, 6.07) is 18.9.